The zero-order valence-electron chi connectivity index (χ0n) is 15.3. The Bertz CT molecular complexity index is 1250. The Morgan fingerprint density at radius 1 is 1.07 bits per heavy atom. The van der Waals surface area contributed by atoms with Crippen LogP contribution in [0.5, 0.6) is 0 Å². The highest BCUT2D eigenvalue weighted by molar-refractivity contribution is 7.92. The van der Waals surface area contributed by atoms with E-state index >= 15 is 0 Å². The Kier molecular flexibility index (Phi) is 5.24. The lowest BCUT2D eigenvalue weighted by Crippen LogP contribution is -2.36. The first kappa shape index (κ1) is 20.1. The van der Waals surface area contributed by atoms with Gasteiger partial charge < -0.3 is 14.1 Å². The summed E-state index contributed by atoms with van der Waals surface area (Å²) in [7, 11) is -2.53. The fourth-order valence-corrected chi connectivity index (χ4v) is 5.06. The summed E-state index contributed by atoms with van der Waals surface area (Å²) in [5.74, 6) is -0.607. The van der Waals surface area contributed by atoms with Crippen LogP contribution in [0.2, 0.25) is 10.0 Å². The number of nitrogens with zero attached hydrogens (tertiary/aromatic N) is 2. The first-order chi connectivity index (χ1) is 13.8. The molecule has 0 saturated carbocycles. The van der Waals surface area contributed by atoms with E-state index in [1.165, 1.54) is 23.7 Å². The lowest BCUT2D eigenvalue weighted by Gasteiger charge is -2.29. The van der Waals surface area contributed by atoms with Crippen molar-refractivity contribution < 1.29 is 17.6 Å². The van der Waals surface area contributed by atoms with Gasteiger partial charge >= 0.3 is 5.76 Å². The van der Waals surface area contributed by atoms with Crippen molar-refractivity contribution in [2.24, 2.45) is 7.05 Å². The third-order valence-electron chi connectivity index (χ3n) is 4.69. The molecule has 29 heavy (non-hydrogen) atoms. The zero-order valence-corrected chi connectivity index (χ0v) is 17.6. The number of nitrogens with one attached hydrogen (secondary N) is 1. The van der Waals surface area contributed by atoms with Crippen molar-refractivity contribution >= 4 is 55.7 Å². The van der Waals surface area contributed by atoms with Gasteiger partial charge in [0.05, 0.1) is 40.2 Å². The van der Waals surface area contributed by atoms with Gasteiger partial charge in [-0.3, -0.25) is 9.29 Å². The second-order valence-corrected chi connectivity index (χ2v) is 9.01. The van der Waals surface area contributed by atoms with E-state index in [4.69, 9.17) is 32.4 Å². The molecule has 1 aliphatic heterocycles. The smallest absolute Gasteiger partial charge is 0.408 e. The first-order valence-corrected chi connectivity index (χ1v) is 10.9. The van der Waals surface area contributed by atoms with Crippen LogP contribution in [-0.4, -0.2) is 39.3 Å². The van der Waals surface area contributed by atoms with Crippen LogP contribution in [0, 0.1) is 0 Å². The molecule has 11 heteroatoms. The number of morpholine rings is 1. The molecule has 1 fully saturated rings. The van der Waals surface area contributed by atoms with Gasteiger partial charge in [0.2, 0.25) is 0 Å². The number of hydrogen-bond donors (Lipinski definition) is 1. The molecule has 0 atom stereocenters. The summed E-state index contributed by atoms with van der Waals surface area (Å²) < 4.78 is 39.8. The maximum Gasteiger partial charge on any atom is 0.419 e. The lowest BCUT2D eigenvalue weighted by molar-refractivity contribution is 0.122. The van der Waals surface area contributed by atoms with Gasteiger partial charge in [-0.2, -0.15) is 0 Å². The predicted octanol–water partition coefficient (Wildman–Crippen LogP) is 3.08. The van der Waals surface area contributed by atoms with Crippen LogP contribution >= 0.6 is 23.2 Å². The minimum Gasteiger partial charge on any atom is -0.408 e. The average molecular weight is 458 g/mol. The lowest BCUT2D eigenvalue weighted by atomic mass is 10.2. The number of aryl methyl sites for hydroxylation is 1. The molecule has 1 saturated heterocycles. The molecule has 1 aromatic heterocycles. The van der Waals surface area contributed by atoms with E-state index in [9.17, 15) is 13.2 Å². The van der Waals surface area contributed by atoms with Gasteiger partial charge in [-0.15, -0.1) is 0 Å². The van der Waals surface area contributed by atoms with E-state index in [0.717, 1.165) is 5.69 Å². The molecule has 3 aromatic rings. The van der Waals surface area contributed by atoms with Crippen molar-refractivity contribution in [3.05, 3.63) is 50.9 Å². The minimum absolute atomic E-state index is 0.0302. The summed E-state index contributed by atoms with van der Waals surface area (Å²) in [6.07, 6.45) is 0. The molecule has 154 valence electrons. The van der Waals surface area contributed by atoms with Crippen molar-refractivity contribution in [1.29, 1.82) is 0 Å². The Balaban J connectivity index is 1.65. The molecule has 8 nitrogen and oxygen atoms in total. The van der Waals surface area contributed by atoms with Gasteiger partial charge in [0.1, 0.15) is 4.90 Å². The Hall–Kier alpha value is -2.20. The van der Waals surface area contributed by atoms with E-state index in [-0.39, 0.29) is 21.2 Å². The normalized spacial score (nSPS) is 15.1. The fraction of sp³-hybridized carbons (Fsp3) is 0.278. The maximum absolute atomic E-state index is 12.9. The van der Waals surface area contributed by atoms with E-state index in [0.29, 0.717) is 36.8 Å². The third kappa shape index (κ3) is 3.83. The summed E-state index contributed by atoms with van der Waals surface area (Å²) in [6.45, 7) is 2.65. The monoisotopic (exact) mass is 457 g/mol. The molecule has 2 heterocycles. The van der Waals surface area contributed by atoms with E-state index in [1.54, 1.807) is 18.2 Å². The number of aromatic nitrogens is 1. The summed E-state index contributed by atoms with van der Waals surface area (Å²) in [6, 6.07) is 7.53. The molecule has 0 unspecified atom stereocenters. The average Bonchev–Trinajstić information content (AvgIpc) is 2.95. The summed E-state index contributed by atoms with van der Waals surface area (Å²) in [5, 5.41) is 0.389. The molecule has 0 radical (unpaired) electrons. The van der Waals surface area contributed by atoms with Crippen LogP contribution in [0.1, 0.15) is 0 Å². The van der Waals surface area contributed by atoms with Gasteiger partial charge in [-0.25, -0.2) is 13.2 Å². The molecule has 1 N–H and O–H groups in total. The Labute approximate surface area is 176 Å². The topological polar surface area (TPSA) is 93.8 Å². The van der Waals surface area contributed by atoms with Crippen LogP contribution in [0.3, 0.4) is 0 Å². The summed E-state index contributed by atoms with van der Waals surface area (Å²) >= 11 is 12.5. The second kappa shape index (κ2) is 7.56. The third-order valence-corrected chi connectivity index (χ3v) is 6.84. The molecule has 2 aromatic carbocycles. The number of rotatable bonds is 4. The molecular formula is C18H17Cl2N3O5S. The standard InChI is InChI=1S/C18H17Cl2N3O5S/c1-22-15-9-13(20)17(10-16(15)28-18(22)24)29(25,26)21-11-2-3-14(12(19)8-11)23-4-6-27-7-5-23/h2-3,8-10,21H,4-7H2,1H3. The van der Waals surface area contributed by atoms with E-state index in [2.05, 4.69) is 9.62 Å². The minimum atomic E-state index is -4.04. The summed E-state index contributed by atoms with van der Waals surface area (Å²) in [4.78, 5) is 13.5. The largest absolute Gasteiger partial charge is 0.419 e. The molecule has 0 bridgehead atoms. The number of benzene rings is 2. The van der Waals surface area contributed by atoms with Gasteiger partial charge in [0.25, 0.3) is 10.0 Å². The van der Waals surface area contributed by atoms with Crippen molar-refractivity contribution in [1.82, 2.24) is 4.57 Å². The van der Waals surface area contributed by atoms with Crippen LogP contribution < -0.4 is 15.4 Å². The quantitative estimate of drug-likeness (QED) is 0.646. The van der Waals surface area contributed by atoms with Crippen molar-refractivity contribution in [2.45, 2.75) is 4.90 Å². The molecular weight excluding hydrogens is 441 g/mol. The van der Waals surface area contributed by atoms with Crippen molar-refractivity contribution in [2.75, 3.05) is 35.9 Å². The number of halogens is 2. The highest BCUT2D eigenvalue weighted by Gasteiger charge is 2.22. The molecule has 0 aliphatic carbocycles. The van der Waals surface area contributed by atoms with E-state index < -0.39 is 15.8 Å². The number of sulfonamides is 1. The van der Waals surface area contributed by atoms with Crippen LogP contribution in [0.25, 0.3) is 11.1 Å². The molecule has 0 spiro atoms. The highest BCUT2D eigenvalue weighted by Crippen LogP contribution is 2.32. The number of hydrogen-bond acceptors (Lipinski definition) is 6. The van der Waals surface area contributed by atoms with Crippen LogP contribution in [0.4, 0.5) is 11.4 Å². The van der Waals surface area contributed by atoms with Crippen LogP contribution in [0.15, 0.2) is 44.4 Å². The second-order valence-electron chi connectivity index (χ2n) is 6.55. The summed E-state index contributed by atoms with van der Waals surface area (Å²) in [5.41, 5.74) is 1.63. The molecule has 0 amide bonds. The van der Waals surface area contributed by atoms with Crippen molar-refractivity contribution in [3.8, 4) is 0 Å². The zero-order chi connectivity index (χ0) is 20.8. The number of ether oxygens (including phenoxy) is 1. The SMILES string of the molecule is Cn1c(=O)oc2cc(S(=O)(=O)Nc3ccc(N4CCOCC4)c(Cl)c3)c(Cl)cc21. The van der Waals surface area contributed by atoms with E-state index in [1.807, 2.05) is 0 Å². The molecule has 1 aliphatic rings. The predicted molar refractivity (Wildman–Crippen MR) is 112 cm³/mol. The number of oxazole rings is 1. The maximum atomic E-state index is 12.9. The fourth-order valence-electron chi connectivity index (χ4n) is 3.18. The van der Waals surface area contributed by atoms with Gasteiger partial charge in [-0.1, -0.05) is 23.2 Å². The van der Waals surface area contributed by atoms with Gasteiger partial charge in [0.15, 0.2) is 5.58 Å². The molecule has 4 rings (SSSR count). The van der Waals surface area contributed by atoms with Gasteiger partial charge in [0, 0.05) is 26.2 Å². The first-order valence-electron chi connectivity index (χ1n) is 8.70. The van der Waals surface area contributed by atoms with Crippen LogP contribution in [-0.2, 0) is 21.8 Å². The Morgan fingerprint density at radius 3 is 2.48 bits per heavy atom. The Morgan fingerprint density at radius 2 is 1.79 bits per heavy atom. The number of fused-ring (bicyclic) bond motifs is 1. The highest BCUT2D eigenvalue weighted by atomic mass is 35.5. The number of anilines is 2. The van der Waals surface area contributed by atoms with Crippen molar-refractivity contribution in [3.63, 3.8) is 0 Å². The van der Waals surface area contributed by atoms with Gasteiger partial charge in [-0.05, 0) is 24.3 Å².